The predicted octanol–water partition coefficient (Wildman–Crippen LogP) is 1.92. The van der Waals surface area contributed by atoms with E-state index in [-0.39, 0.29) is 42.5 Å². The standard InChI is InChI=1S/C19H20N2O3/c22-17(20-11-9-13-5-1-4-8-16(13)20)10-12-21-18(23)14-6-2-3-7-15(14)19(21)24/h1-5,8,14-15H,6-7,9-12H2/t14-,15-/m0/s1. The van der Waals surface area contributed by atoms with Crippen LogP contribution >= 0.6 is 0 Å². The summed E-state index contributed by atoms with van der Waals surface area (Å²) in [6.07, 6.45) is 6.28. The first kappa shape index (κ1) is 15.1. The molecule has 1 fully saturated rings. The van der Waals surface area contributed by atoms with Gasteiger partial charge in [-0.2, -0.15) is 0 Å². The molecule has 5 heteroatoms. The highest BCUT2D eigenvalue weighted by molar-refractivity contribution is 6.06. The Balaban J connectivity index is 1.42. The van der Waals surface area contributed by atoms with Gasteiger partial charge < -0.3 is 4.90 Å². The molecule has 124 valence electrons. The van der Waals surface area contributed by atoms with Crippen molar-refractivity contribution in [2.45, 2.75) is 25.7 Å². The number of hydrogen-bond donors (Lipinski definition) is 0. The molecule has 5 nitrogen and oxygen atoms in total. The fraction of sp³-hybridized carbons (Fsp3) is 0.421. The minimum absolute atomic E-state index is 0.0199. The highest BCUT2D eigenvalue weighted by Crippen LogP contribution is 2.35. The summed E-state index contributed by atoms with van der Waals surface area (Å²) in [6, 6.07) is 7.89. The van der Waals surface area contributed by atoms with Crippen molar-refractivity contribution in [2.75, 3.05) is 18.0 Å². The van der Waals surface area contributed by atoms with Crippen molar-refractivity contribution in [3.63, 3.8) is 0 Å². The van der Waals surface area contributed by atoms with E-state index in [0.717, 1.165) is 12.1 Å². The van der Waals surface area contributed by atoms with Crippen LogP contribution < -0.4 is 4.90 Å². The molecule has 0 saturated carbocycles. The molecule has 24 heavy (non-hydrogen) atoms. The summed E-state index contributed by atoms with van der Waals surface area (Å²) >= 11 is 0. The van der Waals surface area contributed by atoms with Crippen molar-refractivity contribution >= 4 is 23.4 Å². The number of amides is 3. The number of imide groups is 1. The van der Waals surface area contributed by atoms with Crippen LogP contribution in [-0.2, 0) is 20.8 Å². The van der Waals surface area contributed by atoms with Gasteiger partial charge in [0.2, 0.25) is 17.7 Å². The summed E-state index contributed by atoms with van der Waals surface area (Å²) < 4.78 is 0. The number of hydrogen-bond acceptors (Lipinski definition) is 3. The van der Waals surface area contributed by atoms with Crippen LogP contribution in [0.25, 0.3) is 0 Å². The Kier molecular flexibility index (Phi) is 3.71. The lowest BCUT2D eigenvalue weighted by Gasteiger charge is -2.20. The van der Waals surface area contributed by atoms with Gasteiger partial charge in [0.05, 0.1) is 11.8 Å². The maximum atomic E-state index is 12.6. The SMILES string of the molecule is O=C1[C@H]2CC=CC[C@@H]2C(=O)N1CCC(=O)N1CCc2ccccc21. The number of para-hydroxylation sites is 1. The van der Waals surface area contributed by atoms with Gasteiger partial charge in [-0.15, -0.1) is 0 Å². The second-order valence-corrected chi connectivity index (χ2v) is 6.66. The third-order valence-corrected chi connectivity index (χ3v) is 5.34. The minimum Gasteiger partial charge on any atom is -0.312 e. The van der Waals surface area contributed by atoms with E-state index >= 15 is 0 Å². The Morgan fingerprint density at radius 2 is 1.71 bits per heavy atom. The van der Waals surface area contributed by atoms with Crippen LogP contribution in [0.15, 0.2) is 36.4 Å². The average Bonchev–Trinajstić information content (AvgIpc) is 3.14. The van der Waals surface area contributed by atoms with Crippen LogP contribution in [0.2, 0.25) is 0 Å². The number of benzene rings is 1. The molecule has 1 saturated heterocycles. The maximum absolute atomic E-state index is 12.6. The molecular formula is C19H20N2O3. The molecular weight excluding hydrogens is 304 g/mol. The molecule has 2 heterocycles. The van der Waals surface area contributed by atoms with E-state index in [4.69, 9.17) is 0 Å². The number of anilines is 1. The van der Waals surface area contributed by atoms with Crippen LogP contribution in [0.3, 0.4) is 0 Å². The molecule has 1 aromatic carbocycles. The van der Waals surface area contributed by atoms with Gasteiger partial charge in [-0.25, -0.2) is 0 Å². The first-order valence-corrected chi connectivity index (χ1v) is 8.55. The highest BCUT2D eigenvalue weighted by atomic mass is 16.2. The number of nitrogens with zero attached hydrogens (tertiary/aromatic N) is 2. The molecule has 1 aliphatic carbocycles. The molecule has 0 spiro atoms. The van der Waals surface area contributed by atoms with E-state index in [2.05, 4.69) is 0 Å². The normalized spacial score (nSPS) is 25.2. The molecule has 2 aliphatic heterocycles. The van der Waals surface area contributed by atoms with E-state index in [0.29, 0.717) is 19.4 Å². The van der Waals surface area contributed by atoms with Gasteiger partial charge >= 0.3 is 0 Å². The summed E-state index contributed by atoms with van der Waals surface area (Å²) in [5.41, 5.74) is 2.13. The van der Waals surface area contributed by atoms with Gasteiger partial charge in [-0.3, -0.25) is 19.3 Å². The van der Waals surface area contributed by atoms with E-state index < -0.39 is 0 Å². The molecule has 4 rings (SSSR count). The van der Waals surface area contributed by atoms with Crippen molar-refractivity contribution < 1.29 is 14.4 Å². The number of carbonyl (C=O) groups excluding carboxylic acids is 3. The zero-order valence-corrected chi connectivity index (χ0v) is 13.5. The second kappa shape index (κ2) is 5.89. The molecule has 0 bridgehead atoms. The largest absolute Gasteiger partial charge is 0.312 e. The summed E-state index contributed by atoms with van der Waals surface area (Å²) in [4.78, 5) is 40.5. The van der Waals surface area contributed by atoms with Gasteiger partial charge in [-0.1, -0.05) is 30.4 Å². The van der Waals surface area contributed by atoms with E-state index in [1.165, 1.54) is 10.5 Å². The van der Waals surface area contributed by atoms with E-state index in [9.17, 15) is 14.4 Å². The van der Waals surface area contributed by atoms with Gasteiger partial charge in [0.15, 0.2) is 0 Å². The van der Waals surface area contributed by atoms with Crippen molar-refractivity contribution in [3.8, 4) is 0 Å². The van der Waals surface area contributed by atoms with E-state index in [1.54, 1.807) is 4.90 Å². The van der Waals surface area contributed by atoms with Crippen molar-refractivity contribution in [1.29, 1.82) is 0 Å². The Bertz CT molecular complexity index is 714. The van der Waals surface area contributed by atoms with Gasteiger partial charge in [0.1, 0.15) is 0 Å². The lowest BCUT2D eigenvalue weighted by molar-refractivity contribution is -0.140. The number of rotatable bonds is 3. The van der Waals surface area contributed by atoms with Gasteiger partial charge in [0, 0.05) is 25.2 Å². The zero-order chi connectivity index (χ0) is 16.7. The first-order chi connectivity index (χ1) is 11.7. The van der Waals surface area contributed by atoms with Crippen LogP contribution in [0.1, 0.15) is 24.8 Å². The Hall–Kier alpha value is -2.43. The number of likely N-dealkylation sites (tertiary alicyclic amines) is 1. The van der Waals surface area contributed by atoms with Crippen LogP contribution in [0.5, 0.6) is 0 Å². The second-order valence-electron chi connectivity index (χ2n) is 6.66. The fourth-order valence-electron chi connectivity index (χ4n) is 4.03. The molecule has 1 aromatic rings. The molecule has 2 atom stereocenters. The highest BCUT2D eigenvalue weighted by Gasteiger charge is 2.47. The monoisotopic (exact) mass is 324 g/mol. The smallest absolute Gasteiger partial charge is 0.233 e. The lowest BCUT2D eigenvalue weighted by Crippen LogP contribution is -2.36. The van der Waals surface area contributed by atoms with Crippen molar-refractivity contribution in [1.82, 2.24) is 4.90 Å². The third-order valence-electron chi connectivity index (χ3n) is 5.34. The minimum atomic E-state index is -0.217. The van der Waals surface area contributed by atoms with Gasteiger partial charge in [-0.05, 0) is 30.9 Å². The molecule has 3 amide bonds. The maximum Gasteiger partial charge on any atom is 0.233 e. The Morgan fingerprint density at radius 1 is 1.04 bits per heavy atom. The summed E-state index contributed by atoms with van der Waals surface area (Å²) in [5.74, 6) is -0.670. The van der Waals surface area contributed by atoms with Crippen LogP contribution in [-0.4, -0.2) is 35.7 Å². The average molecular weight is 324 g/mol. The number of fused-ring (bicyclic) bond motifs is 2. The molecule has 3 aliphatic rings. The fourth-order valence-corrected chi connectivity index (χ4v) is 4.03. The molecule has 0 radical (unpaired) electrons. The molecule has 0 unspecified atom stereocenters. The molecule has 0 N–H and O–H groups in total. The van der Waals surface area contributed by atoms with Gasteiger partial charge in [0.25, 0.3) is 0 Å². The van der Waals surface area contributed by atoms with E-state index in [1.807, 2.05) is 36.4 Å². The number of carbonyl (C=O) groups is 3. The first-order valence-electron chi connectivity index (χ1n) is 8.55. The third kappa shape index (κ3) is 2.35. The summed E-state index contributed by atoms with van der Waals surface area (Å²) in [6.45, 7) is 0.872. The van der Waals surface area contributed by atoms with Crippen LogP contribution in [0, 0.1) is 11.8 Å². The quantitative estimate of drug-likeness (QED) is 0.630. The zero-order valence-electron chi connectivity index (χ0n) is 13.5. The van der Waals surface area contributed by atoms with Crippen LogP contribution in [0.4, 0.5) is 5.69 Å². The summed E-state index contributed by atoms with van der Waals surface area (Å²) in [5, 5.41) is 0. The Morgan fingerprint density at radius 3 is 2.42 bits per heavy atom. The predicted molar refractivity (Wildman–Crippen MR) is 89.2 cm³/mol. The van der Waals surface area contributed by atoms with Crippen molar-refractivity contribution in [2.24, 2.45) is 11.8 Å². The lowest BCUT2D eigenvalue weighted by atomic mass is 9.85. The topological polar surface area (TPSA) is 57.7 Å². The number of allylic oxidation sites excluding steroid dienone is 2. The molecule has 0 aromatic heterocycles. The van der Waals surface area contributed by atoms with Crippen molar-refractivity contribution in [3.05, 3.63) is 42.0 Å². The Labute approximate surface area is 140 Å². The summed E-state index contributed by atoms with van der Waals surface area (Å²) in [7, 11) is 0.